The van der Waals surface area contributed by atoms with E-state index in [1.165, 1.54) is 6.07 Å². The van der Waals surface area contributed by atoms with Crippen molar-refractivity contribution < 1.29 is 4.39 Å². The van der Waals surface area contributed by atoms with Gasteiger partial charge in [0.15, 0.2) is 0 Å². The number of hydrogen-bond donors (Lipinski definition) is 0. The van der Waals surface area contributed by atoms with Crippen LogP contribution in [0.15, 0.2) is 36.4 Å². The average molecular weight is 263 g/mol. The van der Waals surface area contributed by atoms with Gasteiger partial charge >= 0.3 is 0 Å². The molecule has 0 unspecified atom stereocenters. The van der Waals surface area contributed by atoms with Crippen LogP contribution in [0.25, 0.3) is 0 Å². The number of halogens is 2. The van der Waals surface area contributed by atoms with Gasteiger partial charge < -0.3 is 4.90 Å². The smallest absolute Gasteiger partial charge is 0.133 e. The van der Waals surface area contributed by atoms with Crippen molar-refractivity contribution in [3.8, 4) is 0 Å². The van der Waals surface area contributed by atoms with Crippen molar-refractivity contribution in [2.45, 2.75) is 12.3 Å². The van der Waals surface area contributed by atoms with Gasteiger partial charge in [-0.1, -0.05) is 12.1 Å². The third-order valence-corrected chi connectivity index (χ3v) is 3.42. The molecule has 1 aliphatic rings. The minimum Gasteiger partial charge on any atom is -0.326 e. The summed E-state index contributed by atoms with van der Waals surface area (Å²) in [6.07, 6.45) is 0.919. The predicted molar refractivity (Wildman–Crippen MR) is 70.9 cm³/mol. The zero-order chi connectivity index (χ0) is 12.5. The lowest BCUT2D eigenvalue weighted by Gasteiger charge is -2.18. The second-order valence-electron chi connectivity index (χ2n) is 4.30. The summed E-state index contributed by atoms with van der Waals surface area (Å²) in [5.74, 6) is 1.00. The molecule has 18 heavy (non-hydrogen) atoms. The lowest BCUT2D eigenvalue weighted by molar-refractivity contribution is 0.628. The van der Waals surface area contributed by atoms with Crippen molar-refractivity contribution in [3.63, 3.8) is 0 Å². The highest BCUT2D eigenvalue weighted by Gasteiger charge is 2.21. The molecule has 1 aromatic heterocycles. The van der Waals surface area contributed by atoms with E-state index in [-0.39, 0.29) is 5.82 Å². The summed E-state index contributed by atoms with van der Waals surface area (Å²) in [5, 5.41) is 0. The van der Waals surface area contributed by atoms with Gasteiger partial charge in [0.25, 0.3) is 0 Å². The Kier molecular flexibility index (Phi) is 2.92. The van der Waals surface area contributed by atoms with Crippen LogP contribution in [0.3, 0.4) is 0 Å². The molecule has 92 valence electrons. The molecule has 0 saturated heterocycles. The molecule has 0 amide bonds. The highest BCUT2D eigenvalue weighted by atomic mass is 35.5. The Labute approximate surface area is 110 Å². The van der Waals surface area contributed by atoms with Crippen molar-refractivity contribution in [2.24, 2.45) is 0 Å². The van der Waals surface area contributed by atoms with E-state index in [0.717, 1.165) is 35.7 Å². The molecule has 0 aliphatic carbocycles. The van der Waals surface area contributed by atoms with E-state index in [1.807, 2.05) is 29.2 Å². The zero-order valence-corrected chi connectivity index (χ0v) is 10.5. The predicted octanol–water partition coefficient (Wildman–Crippen LogP) is 3.65. The topological polar surface area (TPSA) is 16.1 Å². The van der Waals surface area contributed by atoms with Crippen LogP contribution >= 0.6 is 11.6 Å². The molecule has 0 atom stereocenters. The molecular weight excluding hydrogens is 251 g/mol. The van der Waals surface area contributed by atoms with Gasteiger partial charge in [0.2, 0.25) is 0 Å². The van der Waals surface area contributed by atoms with E-state index in [0.29, 0.717) is 5.88 Å². The molecule has 0 N–H and O–H groups in total. The number of pyridine rings is 1. The highest BCUT2D eigenvalue weighted by Crippen LogP contribution is 2.33. The van der Waals surface area contributed by atoms with Gasteiger partial charge in [0, 0.05) is 12.2 Å². The largest absolute Gasteiger partial charge is 0.326 e. The van der Waals surface area contributed by atoms with Crippen LogP contribution in [-0.4, -0.2) is 11.5 Å². The van der Waals surface area contributed by atoms with Crippen molar-refractivity contribution in [3.05, 3.63) is 53.5 Å². The number of fused-ring (bicyclic) bond motifs is 1. The number of aromatic nitrogens is 1. The Balaban J connectivity index is 2.02. The monoisotopic (exact) mass is 262 g/mol. The van der Waals surface area contributed by atoms with Crippen molar-refractivity contribution in [2.75, 3.05) is 11.4 Å². The molecule has 0 fully saturated rings. The summed E-state index contributed by atoms with van der Waals surface area (Å²) in [7, 11) is 0. The van der Waals surface area contributed by atoms with E-state index >= 15 is 0 Å². The third kappa shape index (κ3) is 1.95. The SMILES string of the molecule is Fc1ccc2c(c1)N(c1cccc(CCl)n1)CC2. The number of alkyl halides is 1. The highest BCUT2D eigenvalue weighted by molar-refractivity contribution is 6.16. The molecule has 0 spiro atoms. The molecule has 3 rings (SSSR count). The Morgan fingerprint density at radius 1 is 1.28 bits per heavy atom. The fraction of sp³-hybridized carbons (Fsp3) is 0.214. The summed E-state index contributed by atoms with van der Waals surface area (Å²) in [5.41, 5.74) is 2.91. The molecule has 1 aromatic carbocycles. The number of rotatable bonds is 2. The lowest BCUT2D eigenvalue weighted by Crippen LogP contribution is -2.15. The molecular formula is C14H12ClFN2. The van der Waals surface area contributed by atoms with Crippen LogP contribution in [0.1, 0.15) is 11.3 Å². The number of anilines is 2. The van der Waals surface area contributed by atoms with E-state index < -0.39 is 0 Å². The van der Waals surface area contributed by atoms with Crippen LogP contribution < -0.4 is 4.90 Å². The summed E-state index contributed by atoms with van der Waals surface area (Å²) < 4.78 is 13.3. The quantitative estimate of drug-likeness (QED) is 0.768. The van der Waals surface area contributed by atoms with Crippen LogP contribution in [0, 0.1) is 5.82 Å². The number of nitrogens with zero attached hydrogens (tertiary/aromatic N) is 2. The molecule has 2 nitrogen and oxygen atoms in total. The van der Waals surface area contributed by atoms with Crippen LogP contribution in [0.2, 0.25) is 0 Å². The molecule has 0 bridgehead atoms. The van der Waals surface area contributed by atoms with Gasteiger partial charge in [-0.3, -0.25) is 0 Å². The van der Waals surface area contributed by atoms with E-state index in [2.05, 4.69) is 4.98 Å². The number of hydrogen-bond acceptors (Lipinski definition) is 2. The first kappa shape index (κ1) is 11.5. The average Bonchev–Trinajstić information content (AvgIpc) is 2.81. The summed E-state index contributed by atoms with van der Waals surface area (Å²) in [4.78, 5) is 6.51. The van der Waals surface area contributed by atoms with Gasteiger partial charge in [0.1, 0.15) is 11.6 Å². The maximum absolute atomic E-state index is 13.3. The van der Waals surface area contributed by atoms with Crippen LogP contribution in [-0.2, 0) is 12.3 Å². The zero-order valence-electron chi connectivity index (χ0n) is 9.74. The Morgan fingerprint density at radius 2 is 2.17 bits per heavy atom. The second kappa shape index (κ2) is 4.58. The van der Waals surface area contributed by atoms with E-state index in [1.54, 1.807) is 6.07 Å². The molecule has 4 heteroatoms. The summed E-state index contributed by atoms with van der Waals surface area (Å²) >= 11 is 5.79. The third-order valence-electron chi connectivity index (χ3n) is 3.15. The molecule has 0 saturated carbocycles. The first-order chi connectivity index (χ1) is 8.78. The van der Waals surface area contributed by atoms with Crippen molar-refractivity contribution >= 4 is 23.1 Å². The summed E-state index contributed by atoms with van der Waals surface area (Å²) in [6, 6.07) is 10.7. The van der Waals surface area contributed by atoms with Crippen molar-refractivity contribution in [1.82, 2.24) is 4.98 Å². The van der Waals surface area contributed by atoms with Gasteiger partial charge in [-0.05, 0) is 36.2 Å². The molecule has 2 aromatic rings. The standard InChI is InChI=1S/C14H12ClFN2/c15-9-12-2-1-3-14(17-12)18-7-6-10-4-5-11(16)8-13(10)18/h1-5,8H,6-7,9H2. The minimum atomic E-state index is -0.214. The molecule has 0 radical (unpaired) electrons. The van der Waals surface area contributed by atoms with Gasteiger partial charge in [-0.15, -0.1) is 11.6 Å². The van der Waals surface area contributed by atoms with Crippen LogP contribution in [0.5, 0.6) is 0 Å². The lowest BCUT2D eigenvalue weighted by atomic mass is 10.2. The fourth-order valence-electron chi connectivity index (χ4n) is 2.28. The van der Waals surface area contributed by atoms with Crippen molar-refractivity contribution in [1.29, 1.82) is 0 Å². The maximum atomic E-state index is 13.3. The van der Waals surface area contributed by atoms with Gasteiger partial charge in [-0.2, -0.15) is 0 Å². The van der Waals surface area contributed by atoms with Gasteiger partial charge in [-0.25, -0.2) is 9.37 Å². The normalized spacial score (nSPS) is 13.8. The van der Waals surface area contributed by atoms with Gasteiger partial charge in [0.05, 0.1) is 11.6 Å². The Hall–Kier alpha value is -1.61. The molecule has 1 aliphatic heterocycles. The summed E-state index contributed by atoms with van der Waals surface area (Å²) in [6.45, 7) is 0.831. The molecule has 2 heterocycles. The number of benzene rings is 1. The second-order valence-corrected chi connectivity index (χ2v) is 4.56. The first-order valence-corrected chi connectivity index (χ1v) is 6.39. The minimum absolute atomic E-state index is 0.214. The first-order valence-electron chi connectivity index (χ1n) is 5.86. The van der Waals surface area contributed by atoms with Crippen LogP contribution in [0.4, 0.5) is 15.9 Å². The fourth-order valence-corrected chi connectivity index (χ4v) is 2.43. The van der Waals surface area contributed by atoms with E-state index in [9.17, 15) is 4.39 Å². The maximum Gasteiger partial charge on any atom is 0.133 e. The van der Waals surface area contributed by atoms with E-state index in [4.69, 9.17) is 11.6 Å². The Morgan fingerprint density at radius 3 is 3.00 bits per heavy atom. The Bertz CT molecular complexity index is 586.